The van der Waals surface area contributed by atoms with Crippen LogP contribution >= 0.6 is 0 Å². The summed E-state index contributed by atoms with van der Waals surface area (Å²) in [5, 5.41) is 5.58. The van der Waals surface area contributed by atoms with Crippen molar-refractivity contribution >= 4 is 5.71 Å². The fraction of sp³-hybridized carbons (Fsp3) is 0.500. The molecule has 0 radical (unpaired) electrons. The van der Waals surface area contributed by atoms with E-state index >= 15 is 0 Å². The maximum Gasteiger partial charge on any atom is 0.396 e. The summed E-state index contributed by atoms with van der Waals surface area (Å²) in [6.45, 7) is 3.45. The summed E-state index contributed by atoms with van der Waals surface area (Å²) in [7, 11) is 1.68. The minimum Gasteiger partial charge on any atom is -0.296 e. The molecule has 5 heteroatoms. The number of hydrazone groups is 1. The van der Waals surface area contributed by atoms with Crippen LogP contribution in [0.3, 0.4) is 0 Å². The van der Waals surface area contributed by atoms with Gasteiger partial charge in [-0.1, -0.05) is 37.3 Å². The fourth-order valence-electron chi connectivity index (χ4n) is 1.99. The first-order valence-corrected chi connectivity index (χ1v) is 6.21. The molecule has 0 heterocycles. The molecule has 19 heavy (non-hydrogen) atoms. The molecule has 0 aliphatic heterocycles. The van der Waals surface area contributed by atoms with Crippen LogP contribution in [0.1, 0.15) is 25.8 Å². The van der Waals surface area contributed by atoms with Crippen molar-refractivity contribution in [2.24, 2.45) is 11.0 Å². The average Bonchev–Trinajstić information content (AvgIpc) is 2.28. The molecule has 106 valence electrons. The van der Waals surface area contributed by atoms with E-state index < -0.39 is 12.1 Å². The summed E-state index contributed by atoms with van der Waals surface area (Å²) in [5.74, 6) is -1.47. The van der Waals surface area contributed by atoms with Gasteiger partial charge in [-0.2, -0.15) is 18.3 Å². The van der Waals surface area contributed by atoms with Gasteiger partial charge in [-0.05, 0) is 18.9 Å². The van der Waals surface area contributed by atoms with Crippen LogP contribution in [0.25, 0.3) is 0 Å². The van der Waals surface area contributed by atoms with Gasteiger partial charge in [-0.25, -0.2) is 0 Å². The highest BCUT2D eigenvalue weighted by Crippen LogP contribution is 2.30. The van der Waals surface area contributed by atoms with Crippen LogP contribution in [-0.2, 0) is 6.54 Å². The Balaban J connectivity index is 2.72. The highest BCUT2D eigenvalue weighted by atomic mass is 19.4. The molecule has 0 amide bonds. The van der Waals surface area contributed by atoms with E-state index in [4.69, 9.17) is 0 Å². The van der Waals surface area contributed by atoms with Crippen molar-refractivity contribution in [1.29, 1.82) is 0 Å². The molecule has 1 aromatic carbocycles. The van der Waals surface area contributed by atoms with Gasteiger partial charge in [0.15, 0.2) is 0 Å². The highest BCUT2D eigenvalue weighted by Gasteiger charge is 2.40. The second-order valence-electron chi connectivity index (χ2n) is 4.55. The Hall–Kier alpha value is -1.52. The van der Waals surface area contributed by atoms with Gasteiger partial charge in [-0.3, -0.25) is 5.01 Å². The zero-order chi connectivity index (χ0) is 14.5. The molecular formula is C14H19F3N2. The summed E-state index contributed by atoms with van der Waals surface area (Å²) >= 11 is 0. The van der Waals surface area contributed by atoms with Gasteiger partial charge < -0.3 is 0 Å². The molecule has 0 bridgehead atoms. The van der Waals surface area contributed by atoms with E-state index in [1.54, 1.807) is 12.1 Å². The minimum atomic E-state index is -4.23. The lowest BCUT2D eigenvalue weighted by Crippen LogP contribution is -2.30. The second-order valence-corrected chi connectivity index (χ2v) is 4.55. The number of hydrogen-bond donors (Lipinski definition) is 0. The Morgan fingerprint density at radius 2 is 1.84 bits per heavy atom. The predicted octanol–water partition coefficient (Wildman–Crippen LogP) is 4.08. The van der Waals surface area contributed by atoms with Crippen molar-refractivity contribution in [3.05, 3.63) is 35.9 Å². The van der Waals surface area contributed by atoms with Crippen LogP contribution in [0, 0.1) is 5.92 Å². The SMILES string of the molecule is CCC(/C(C)=N/N(C)Cc1ccccc1)C(F)(F)F. The molecule has 0 saturated carbocycles. The zero-order valence-electron chi connectivity index (χ0n) is 11.4. The summed E-state index contributed by atoms with van der Waals surface area (Å²) in [6.07, 6.45) is -4.21. The monoisotopic (exact) mass is 272 g/mol. The Morgan fingerprint density at radius 1 is 1.26 bits per heavy atom. The van der Waals surface area contributed by atoms with E-state index in [1.807, 2.05) is 30.3 Å². The van der Waals surface area contributed by atoms with Crippen molar-refractivity contribution in [3.8, 4) is 0 Å². The average molecular weight is 272 g/mol. The van der Waals surface area contributed by atoms with Crippen molar-refractivity contribution in [1.82, 2.24) is 5.01 Å². The number of rotatable bonds is 5. The Labute approximate surface area is 111 Å². The van der Waals surface area contributed by atoms with E-state index in [1.165, 1.54) is 13.8 Å². The standard InChI is InChI=1S/C14H19F3N2/c1-4-13(14(15,16)17)11(2)18-19(3)10-12-8-6-5-7-9-12/h5-9,13H,4,10H2,1-3H3/b18-11+. The molecule has 1 unspecified atom stereocenters. The van der Waals surface area contributed by atoms with Gasteiger partial charge >= 0.3 is 6.18 Å². The van der Waals surface area contributed by atoms with Gasteiger partial charge in [0.1, 0.15) is 0 Å². The maximum absolute atomic E-state index is 12.7. The van der Waals surface area contributed by atoms with Gasteiger partial charge in [-0.15, -0.1) is 0 Å². The molecule has 1 atom stereocenters. The topological polar surface area (TPSA) is 15.6 Å². The molecule has 0 fully saturated rings. The Morgan fingerprint density at radius 3 is 2.32 bits per heavy atom. The summed E-state index contributed by atoms with van der Waals surface area (Å²) in [6, 6.07) is 9.52. The minimum absolute atomic E-state index is 0.0119. The van der Waals surface area contributed by atoms with E-state index in [0.29, 0.717) is 6.54 Å². The van der Waals surface area contributed by atoms with Crippen LogP contribution in [0.15, 0.2) is 35.4 Å². The maximum atomic E-state index is 12.7. The third kappa shape index (κ3) is 4.93. The molecule has 0 aliphatic rings. The fourth-order valence-corrected chi connectivity index (χ4v) is 1.99. The molecular weight excluding hydrogens is 253 g/mol. The number of benzene rings is 1. The predicted molar refractivity (Wildman–Crippen MR) is 70.9 cm³/mol. The van der Waals surface area contributed by atoms with Gasteiger partial charge in [0.25, 0.3) is 0 Å². The second kappa shape index (κ2) is 6.59. The molecule has 1 aromatic rings. The summed E-state index contributed by atoms with van der Waals surface area (Å²) in [4.78, 5) is 0. The van der Waals surface area contributed by atoms with Crippen LogP contribution < -0.4 is 0 Å². The molecule has 1 rings (SSSR count). The third-order valence-corrected chi connectivity index (χ3v) is 2.89. The normalized spacial score (nSPS) is 14.3. The lowest BCUT2D eigenvalue weighted by molar-refractivity contribution is -0.156. The molecule has 0 spiro atoms. The Kier molecular flexibility index (Phi) is 5.39. The van der Waals surface area contributed by atoms with E-state index in [-0.39, 0.29) is 12.1 Å². The first-order valence-electron chi connectivity index (χ1n) is 6.21. The highest BCUT2D eigenvalue weighted by molar-refractivity contribution is 5.84. The van der Waals surface area contributed by atoms with Crippen molar-refractivity contribution in [2.45, 2.75) is 33.0 Å². The van der Waals surface area contributed by atoms with E-state index in [2.05, 4.69) is 5.10 Å². The van der Waals surface area contributed by atoms with Crippen LogP contribution in [0.2, 0.25) is 0 Å². The van der Waals surface area contributed by atoms with Crippen molar-refractivity contribution in [3.63, 3.8) is 0 Å². The van der Waals surface area contributed by atoms with Gasteiger partial charge in [0.2, 0.25) is 0 Å². The smallest absolute Gasteiger partial charge is 0.296 e. The lowest BCUT2D eigenvalue weighted by Gasteiger charge is -2.21. The summed E-state index contributed by atoms with van der Waals surface area (Å²) < 4.78 is 38.2. The largest absolute Gasteiger partial charge is 0.396 e. The number of halogens is 3. The molecule has 2 nitrogen and oxygen atoms in total. The number of nitrogens with zero attached hydrogens (tertiary/aromatic N) is 2. The van der Waals surface area contributed by atoms with Crippen molar-refractivity contribution < 1.29 is 13.2 Å². The Bertz CT molecular complexity index is 412. The van der Waals surface area contributed by atoms with Crippen LogP contribution in [-0.4, -0.2) is 23.9 Å². The van der Waals surface area contributed by atoms with Gasteiger partial charge in [0.05, 0.1) is 12.5 Å². The third-order valence-electron chi connectivity index (χ3n) is 2.89. The van der Waals surface area contributed by atoms with E-state index in [9.17, 15) is 13.2 Å². The zero-order valence-corrected chi connectivity index (χ0v) is 11.4. The van der Waals surface area contributed by atoms with Crippen LogP contribution in [0.4, 0.5) is 13.2 Å². The summed E-state index contributed by atoms with van der Waals surface area (Å²) in [5.41, 5.74) is 1.12. The van der Waals surface area contributed by atoms with E-state index in [0.717, 1.165) is 5.56 Å². The molecule has 0 aromatic heterocycles. The quantitative estimate of drug-likeness (QED) is 0.582. The molecule has 0 saturated heterocycles. The lowest BCUT2D eigenvalue weighted by atomic mass is 10.0. The molecule has 0 N–H and O–H groups in total. The van der Waals surface area contributed by atoms with Gasteiger partial charge in [0, 0.05) is 12.8 Å². The first kappa shape index (κ1) is 15.5. The first-order chi connectivity index (χ1) is 8.84. The van der Waals surface area contributed by atoms with Crippen molar-refractivity contribution in [2.75, 3.05) is 7.05 Å². The van der Waals surface area contributed by atoms with Crippen LogP contribution in [0.5, 0.6) is 0 Å². The number of hydrogen-bond acceptors (Lipinski definition) is 2. The number of alkyl halides is 3. The molecule has 0 aliphatic carbocycles.